The Kier molecular flexibility index (Phi) is 5.80. The molecule has 3 N–H and O–H groups in total. The number of aromatic nitrogens is 1. The number of carbonyl (C=O) groups is 1. The van der Waals surface area contributed by atoms with Gasteiger partial charge in [-0.05, 0) is 24.3 Å². The summed E-state index contributed by atoms with van der Waals surface area (Å²) in [6, 6.07) is 2.95. The minimum absolute atomic E-state index is 0.103. The Morgan fingerprint density at radius 1 is 1.27 bits per heavy atom. The van der Waals surface area contributed by atoms with Crippen LogP contribution in [-0.2, 0) is 21.7 Å². The number of carbonyl (C=O) groups excluding carboxylic acids is 1. The lowest BCUT2D eigenvalue weighted by molar-refractivity contribution is -0.138. The molecule has 1 aliphatic rings. The zero-order valence-electron chi connectivity index (χ0n) is 16.6. The Morgan fingerprint density at radius 2 is 1.94 bits per heavy atom. The van der Waals surface area contributed by atoms with Gasteiger partial charge >= 0.3 is 6.18 Å². The van der Waals surface area contributed by atoms with E-state index in [2.05, 4.69) is 21.2 Å². The van der Waals surface area contributed by atoms with Crippen LogP contribution in [0.2, 0.25) is 0 Å². The van der Waals surface area contributed by atoms with E-state index in [4.69, 9.17) is 12.2 Å². The predicted octanol–water partition coefficient (Wildman–Crippen LogP) is 2.05. The molecule has 0 aliphatic carbocycles. The number of nitrogens with zero attached hydrogens (tertiary/aromatic N) is 3. The zero-order valence-corrected chi connectivity index (χ0v) is 17.4. The maximum Gasteiger partial charge on any atom is 0.417 e. The van der Waals surface area contributed by atoms with Crippen molar-refractivity contribution in [2.75, 3.05) is 18.1 Å². The van der Waals surface area contributed by atoms with Gasteiger partial charge in [0, 0.05) is 24.5 Å². The molecule has 2 heterocycles. The molecular formula is C19H14F5N5O3S. The van der Waals surface area contributed by atoms with Crippen molar-refractivity contribution in [3.8, 4) is 12.3 Å². The predicted molar refractivity (Wildman–Crippen MR) is 107 cm³/mol. The molecule has 0 saturated heterocycles. The van der Waals surface area contributed by atoms with E-state index in [0.29, 0.717) is 4.31 Å². The summed E-state index contributed by atoms with van der Waals surface area (Å²) < 4.78 is 92.1. The van der Waals surface area contributed by atoms with Crippen LogP contribution in [0.4, 0.5) is 27.6 Å². The van der Waals surface area contributed by atoms with E-state index in [-0.39, 0.29) is 18.0 Å². The quantitative estimate of drug-likeness (QED) is 0.508. The normalized spacial score (nSPS) is 20.0. The van der Waals surface area contributed by atoms with E-state index in [0.717, 1.165) is 25.2 Å². The minimum Gasteiger partial charge on any atom is -0.369 e. The standard InChI is InChI=1S/C19H14F5N5O3S/c1-3-18(9-33(31,32)29(2)17(25)28-18)12-7-11(4-5-13(12)20)27-16(30)15-14(21)6-10(8-26-15)19(22,23)24/h1,4-8H,9H2,2H3,(H2,25,28)(H,27,30)/t18-/m0/s1. The highest BCUT2D eigenvalue weighted by atomic mass is 32.2. The average molecular weight is 487 g/mol. The Hall–Kier alpha value is -3.73. The van der Waals surface area contributed by atoms with Crippen LogP contribution >= 0.6 is 0 Å². The van der Waals surface area contributed by atoms with Crippen molar-refractivity contribution >= 4 is 27.6 Å². The molecule has 3 rings (SSSR count). The van der Waals surface area contributed by atoms with Crippen LogP contribution in [0.5, 0.6) is 0 Å². The fourth-order valence-electron chi connectivity index (χ4n) is 2.96. The molecule has 33 heavy (non-hydrogen) atoms. The first-order valence-electron chi connectivity index (χ1n) is 8.84. The number of anilines is 1. The molecule has 1 aromatic carbocycles. The third-order valence-electron chi connectivity index (χ3n) is 4.73. The third kappa shape index (κ3) is 4.44. The monoisotopic (exact) mass is 487 g/mol. The molecule has 0 unspecified atom stereocenters. The minimum atomic E-state index is -4.87. The van der Waals surface area contributed by atoms with Crippen LogP contribution in [0.25, 0.3) is 0 Å². The lowest BCUT2D eigenvalue weighted by Gasteiger charge is -2.33. The molecule has 0 radical (unpaired) electrons. The maximum atomic E-state index is 14.6. The summed E-state index contributed by atoms with van der Waals surface area (Å²) in [6.07, 6.45) is 0.892. The Balaban J connectivity index is 1.99. The molecular weight excluding hydrogens is 473 g/mol. The highest BCUT2D eigenvalue weighted by molar-refractivity contribution is 7.89. The molecule has 174 valence electrons. The number of hydrogen-bond acceptors (Lipinski definition) is 6. The van der Waals surface area contributed by atoms with Gasteiger partial charge in [-0.2, -0.15) is 13.2 Å². The SMILES string of the molecule is C#C[C@@]1(c2cc(NC(=O)c3ncc(C(F)(F)F)cc3F)ccc2F)CS(=O)(=O)N(C)C(N)=N1. The summed E-state index contributed by atoms with van der Waals surface area (Å²) in [5.41, 5.74) is 0.597. The Bertz CT molecular complexity index is 1320. The second-order valence-corrected chi connectivity index (χ2v) is 8.90. The van der Waals surface area contributed by atoms with E-state index in [1.54, 1.807) is 0 Å². The van der Waals surface area contributed by atoms with Crippen LogP contribution < -0.4 is 11.1 Å². The van der Waals surface area contributed by atoms with Crippen molar-refractivity contribution in [3.05, 3.63) is 58.9 Å². The summed E-state index contributed by atoms with van der Waals surface area (Å²) in [6.45, 7) is 0. The van der Waals surface area contributed by atoms with Crippen LogP contribution in [-0.4, -0.2) is 42.4 Å². The van der Waals surface area contributed by atoms with Gasteiger partial charge in [-0.25, -0.2) is 31.5 Å². The molecule has 1 aromatic heterocycles. The van der Waals surface area contributed by atoms with Crippen molar-refractivity contribution in [3.63, 3.8) is 0 Å². The fraction of sp³-hybridized carbons (Fsp3) is 0.211. The number of halogens is 5. The van der Waals surface area contributed by atoms with E-state index in [1.165, 1.54) is 0 Å². The maximum absolute atomic E-state index is 14.6. The summed E-state index contributed by atoms with van der Waals surface area (Å²) >= 11 is 0. The number of rotatable bonds is 3. The van der Waals surface area contributed by atoms with E-state index in [1.807, 2.05) is 0 Å². The first kappa shape index (κ1) is 23.9. The van der Waals surface area contributed by atoms with Crippen LogP contribution in [0.15, 0.2) is 35.5 Å². The molecule has 8 nitrogen and oxygen atoms in total. The number of nitrogens with one attached hydrogen (secondary N) is 1. The largest absolute Gasteiger partial charge is 0.417 e. The van der Waals surface area contributed by atoms with Gasteiger partial charge in [0.05, 0.1) is 5.56 Å². The number of terminal acetylenes is 1. The molecule has 1 aliphatic heterocycles. The third-order valence-corrected chi connectivity index (χ3v) is 6.53. The molecule has 2 aromatic rings. The number of sulfonamides is 1. The number of aliphatic imine (C=N–C) groups is 1. The smallest absolute Gasteiger partial charge is 0.369 e. The summed E-state index contributed by atoms with van der Waals surface area (Å²) in [7, 11) is -2.93. The number of pyridine rings is 1. The van der Waals surface area contributed by atoms with Gasteiger partial charge in [0.15, 0.2) is 17.1 Å². The second kappa shape index (κ2) is 8.00. The molecule has 14 heteroatoms. The number of amides is 1. The van der Waals surface area contributed by atoms with Crippen molar-refractivity contribution < 1.29 is 35.2 Å². The lowest BCUT2D eigenvalue weighted by atomic mass is 9.92. The number of nitrogens with two attached hydrogens (primary N) is 1. The topological polar surface area (TPSA) is 118 Å². The van der Waals surface area contributed by atoms with Crippen LogP contribution in [0.3, 0.4) is 0 Å². The van der Waals surface area contributed by atoms with Gasteiger partial charge in [-0.1, -0.05) is 5.92 Å². The lowest BCUT2D eigenvalue weighted by Crippen LogP contribution is -2.51. The van der Waals surface area contributed by atoms with Crippen molar-refractivity contribution in [2.24, 2.45) is 10.7 Å². The summed E-state index contributed by atoms with van der Waals surface area (Å²) in [5, 5.41) is 2.15. The van der Waals surface area contributed by atoms with Crippen molar-refractivity contribution in [2.45, 2.75) is 11.7 Å². The fourth-order valence-corrected chi connectivity index (χ4v) is 4.31. The number of guanidine groups is 1. The number of alkyl halides is 3. The Labute approximate surface area is 184 Å². The molecule has 0 bridgehead atoms. The highest BCUT2D eigenvalue weighted by Crippen LogP contribution is 2.35. The first-order chi connectivity index (χ1) is 15.2. The van der Waals surface area contributed by atoms with Gasteiger partial charge in [0.1, 0.15) is 11.6 Å². The van der Waals surface area contributed by atoms with E-state index in [9.17, 15) is 35.2 Å². The molecule has 0 spiro atoms. The highest BCUT2D eigenvalue weighted by Gasteiger charge is 2.44. The van der Waals surface area contributed by atoms with Gasteiger partial charge < -0.3 is 11.1 Å². The second-order valence-electron chi connectivity index (χ2n) is 6.90. The summed E-state index contributed by atoms with van der Waals surface area (Å²) in [5.74, 6) is -2.97. The Morgan fingerprint density at radius 3 is 2.48 bits per heavy atom. The average Bonchev–Trinajstić information content (AvgIpc) is 2.72. The van der Waals surface area contributed by atoms with Gasteiger partial charge in [0.2, 0.25) is 16.0 Å². The number of hydrogen-bond donors (Lipinski definition) is 2. The van der Waals surface area contributed by atoms with Crippen LogP contribution in [0, 0.1) is 24.0 Å². The van der Waals surface area contributed by atoms with Gasteiger partial charge in [-0.3, -0.25) is 4.79 Å². The van der Waals surface area contributed by atoms with Crippen LogP contribution in [0.1, 0.15) is 21.6 Å². The molecule has 0 saturated carbocycles. The molecule has 1 atom stereocenters. The van der Waals surface area contributed by atoms with E-state index >= 15 is 0 Å². The number of benzene rings is 1. The zero-order chi connectivity index (χ0) is 24.8. The van der Waals surface area contributed by atoms with Crippen molar-refractivity contribution in [1.29, 1.82) is 0 Å². The molecule has 0 fully saturated rings. The van der Waals surface area contributed by atoms with E-state index < -0.39 is 67.8 Å². The summed E-state index contributed by atoms with van der Waals surface area (Å²) in [4.78, 5) is 19.5. The first-order valence-corrected chi connectivity index (χ1v) is 10.4. The van der Waals surface area contributed by atoms with Gasteiger partial charge in [0.25, 0.3) is 5.91 Å². The molecule has 1 amide bonds. The van der Waals surface area contributed by atoms with Gasteiger partial charge in [-0.15, -0.1) is 6.42 Å². The van der Waals surface area contributed by atoms with Crippen molar-refractivity contribution in [1.82, 2.24) is 9.29 Å².